The summed E-state index contributed by atoms with van der Waals surface area (Å²) in [6.45, 7) is 0. The molecule has 1 heterocycles. The maximum Gasteiger partial charge on any atom is 0.270 e. The van der Waals surface area contributed by atoms with Gasteiger partial charge in [0.25, 0.3) is 11.9 Å². The molecule has 6 nitrogen and oxygen atoms in total. The van der Waals surface area contributed by atoms with Crippen LogP contribution in [0.3, 0.4) is 0 Å². The van der Waals surface area contributed by atoms with Gasteiger partial charge in [0, 0.05) is 8.95 Å². The third kappa shape index (κ3) is 2.45. The fraction of sp³-hybridized carbons (Fsp3) is 0. The highest BCUT2D eigenvalue weighted by Gasteiger charge is 2.12. The molecule has 0 spiro atoms. The van der Waals surface area contributed by atoms with Crippen LogP contribution >= 0.6 is 31.9 Å². The molecule has 0 atom stereocenters. The Balaban J connectivity index is 2.21. The highest BCUT2D eigenvalue weighted by atomic mass is 79.9. The third-order valence-corrected chi connectivity index (χ3v) is 2.90. The molecule has 0 aliphatic heterocycles. The average Bonchev–Trinajstić information content (AvgIpc) is 2.70. The number of tetrazole rings is 1. The Morgan fingerprint density at radius 1 is 1.38 bits per heavy atom. The maximum atomic E-state index is 11.8. The van der Waals surface area contributed by atoms with Crippen molar-refractivity contribution in [3.8, 4) is 0 Å². The predicted molar refractivity (Wildman–Crippen MR) is 64.0 cm³/mol. The molecule has 0 saturated heterocycles. The van der Waals surface area contributed by atoms with Gasteiger partial charge in [0.1, 0.15) is 0 Å². The second kappa shape index (κ2) is 4.71. The molecule has 0 aliphatic rings. The van der Waals surface area contributed by atoms with Crippen LogP contribution in [0.5, 0.6) is 0 Å². The molecule has 1 aromatic heterocycles. The Morgan fingerprint density at radius 3 is 2.81 bits per heavy atom. The van der Waals surface area contributed by atoms with Crippen LogP contribution in [0, 0.1) is 0 Å². The molecule has 0 aliphatic carbocycles. The van der Waals surface area contributed by atoms with Crippen LogP contribution in [0.15, 0.2) is 27.1 Å². The fourth-order valence-corrected chi connectivity index (χ4v) is 2.28. The molecule has 82 valence electrons. The number of rotatable bonds is 2. The highest BCUT2D eigenvalue weighted by Crippen LogP contribution is 2.22. The van der Waals surface area contributed by atoms with Crippen molar-refractivity contribution in [3.05, 3.63) is 32.7 Å². The Bertz CT molecular complexity index is 513. The lowest BCUT2D eigenvalue weighted by atomic mass is 10.2. The second-order valence-corrected chi connectivity index (χ2v) is 4.58. The molecular formula is C8H5Br2N5O. The summed E-state index contributed by atoms with van der Waals surface area (Å²) >= 11 is 6.60. The zero-order valence-electron chi connectivity index (χ0n) is 7.74. The quantitative estimate of drug-likeness (QED) is 0.870. The number of amides is 1. The minimum atomic E-state index is -0.305. The van der Waals surface area contributed by atoms with Crippen molar-refractivity contribution in [2.75, 3.05) is 5.32 Å². The van der Waals surface area contributed by atoms with Crippen molar-refractivity contribution in [2.45, 2.75) is 0 Å². The summed E-state index contributed by atoms with van der Waals surface area (Å²) in [6, 6.07) is 5.24. The van der Waals surface area contributed by atoms with E-state index in [2.05, 4.69) is 57.8 Å². The van der Waals surface area contributed by atoms with E-state index in [1.165, 1.54) is 0 Å². The van der Waals surface area contributed by atoms with E-state index in [9.17, 15) is 4.79 Å². The van der Waals surface area contributed by atoms with Crippen molar-refractivity contribution in [2.24, 2.45) is 0 Å². The number of hydrogen-bond acceptors (Lipinski definition) is 4. The lowest BCUT2D eigenvalue weighted by Crippen LogP contribution is -2.13. The van der Waals surface area contributed by atoms with Crippen molar-refractivity contribution in [1.29, 1.82) is 0 Å². The topological polar surface area (TPSA) is 83.6 Å². The minimum absolute atomic E-state index is 0.139. The Morgan fingerprint density at radius 2 is 2.19 bits per heavy atom. The van der Waals surface area contributed by atoms with Gasteiger partial charge in [0.15, 0.2) is 0 Å². The Labute approximate surface area is 107 Å². The highest BCUT2D eigenvalue weighted by molar-refractivity contribution is 9.11. The van der Waals surface area contributed by atoms with Crippen molar-refractivity contribution in [3.63, 3.8) is 0 Å². The van der Waals surface area contributed by atoms with Crippen LogP contribution in [0.25, 0.3) is 0 Å². The van der Waals surface area contributed by atoms with Crippen LogP contribution in [-0.4, -0.2) is 26.5 Å². The lowest BCUT2D eigenvalue weighted by Gasteiger charge is -2.03. The first-order chi connectivity index (χ1) is 7.66. The van der Waals surface area contributed by atoms with E-state index in [1.807, 2.05) is 0 Å². The lowest BCUT2D eigenvalue weighted by molar-refractivity contribution is 0.102. The van der Waals surface area contributed by atoms with Gasteiger partial charge >= 0.3 is 0 Å². The summed E-state index contributed by atoms with van der Waals surface area (Å²) in [6.07, 6.45) is 0. The van der Waals surface area contributed by atoms with Gasteiger partial charge in [-0.2, -0.15) is 5.21 Å². The van der Waals surface area contributed by atoms with E-state index < -0.39 is 0 Å². The molecule has 2 N–H and O–H groups in total. The number of halogens is 2. The van der Waals surface area contributed by atoms with E-state index >= 15 is 0 Å². The summed E-state index contributed by atoms with van der Waals surface area (Å²) in [7, 11) is 0. The summed E-state index contributed by atoms with van der Waals surface area (Å²) in [4.78, 5) is 11.8. The first kappa shape index (κ1) is 11.2. The normalized spacial score (nSPS) is 10.1. The fourth-order valence-electron chi connectivity index (χ4n) is 1.06. The number of carbonyl (C=O) groups is 1. The van der Waals surface area contributed by atoms with Crippen molar-refractivity contribution < 1.29 is 4.79 Å². The molecule has 16 heavy (non-hydrogen) atoms. The first-order valence-electron chi connectivity index (χ1n) is 4.16. The molecule has 0 saturated carbocycles. The van der Waals surface area contributed by atoms with Gasteiger partial charge in [0.2, 0.25) is 0 Å². The van der Waals surface area contributed by atoms with E-state index in [-0.39, 0.29) is 11.9 Å². The van der Waals surface area contributed by atoms with Crippen LogP contribution in [-0.2, 0) is 0 Å². The number of benzene rings is 1. The number of aromatic nitrogens is 4. The SMILES string of the molecule is O=C(Nc1nn[nH]n1)c1ccc(Br)cc1Br. The van der Waals surface area contributed by atoms with Gasteiger partial charge in [-0.05, 0) is 39.3 Å². The smallest absolute Gasteiger partial charge is 0.270 e. The summed E-state index contributed by atoms with van der Waals surface area (Å²) < 4.78 is 1.57. The number of aromatic amines is 1. The van der Waals surface area contributed by atoms with Gasteiger partial charge in [0.05, 0.1) is 5.56 Å². The molecule has 0 fully saturated rings. The molecule has 0 radical (unpaired) electrons. The number of carbonyl (C=O) groups excluding carboxylic acids is 1. The van der Waals surface area contributed by atoms with Gasteiger partial charge in [-0.15, -0.1) is 5.10 Å². The third-order valence-electron chi connectivity index (χ3n) is 1.75. The Hall–Kier alpha value is -1.28. The summed E-state index contributed by atoms with van der Waals surface area (Å²) in [5.74, 6) is -0.166. The summed E-state index contributed by atoms with van der Waals surface area (Å²) in [5, 5.41) is 15.3. The summed E-state index contributed by atoms with van der Waals surface area (Å²) in [5.41, 5.74) is 0.494. The van der Waals surface area contributed by atoms with Gasteiger partial charge in [-0.1, -0.05) is 21.0 Å². The average molecular weight is 347 g/mol. The second-order valence-electron chi connectivity index (χ2n) is 2.81. The maximum absolute atomic E-state index is 11.8. The molecular weight excluding hydrogens is 342 g/mol. The number of hydrogen-bond donors (Lipinski definition) is 2. The molecule has 0 bridgehead atoms. The van der Waals surface area contributed by atoms with E-state index in [1.54, 1.807) is 18.2 Å². The van der Waals surface area contributed by atoms with E-state index in [4.69, 9.17) is 0 Å². The van der Waals surface area contributed by atoms with E-state index in [0.717, 1.165) is 4.47 Å². The molecule has 0 unspecified atom stereocenters. The zero-order chi connectivity index (χ0) is 11.5. The molecule has 2 aromatic rings. The largest absolute Gasteiger partial charge is 0.288 e. The van der Waals surface area contributed by atoms with Crippen LogP contribution in [0.2, 0.25) is 0 Å². The van der Waals surface area contributed by atoms with Crippen molar-refractivity contribution >= 4 is 43.7 Å². The van der Waals surface area contributed by atoms with Crippen LogP contribution < -0.4 is 5.32 Å². The van der Waals surface area contributed by atoms with Gasteiger partial charge < -0.3 is 0 Å². The number of nitrogens with zero attached hydrogens (tertiary/aromatic N) is 3. The number of H-pyrrole nitrogens is 1. The zero-order valence-corrected chi connectivity index (χ0v) is 10.9. The molecule has 1 aromatic carbocycles. The van der Waals surface area contributed by atoms with Crippen LogP contribution in [0.1, 0.15) is 10.4 Å². The number of anilines is 1. The van der Waals surface area contributed by atoms with Crippen molar-refractivity contribution in [1.82, 2.24) is 20.6 Å². The monoisotopic (exact) mass is 345 g/mol. The van der Waals surface area contributed by atoms with E-state index in [0.29, 0.717) is 10.0 Å². The molecule has 1 amide bonds. The molecule has 2 rings (SSSR count). The predicted octanol–water partition coefficient (Wildman–Crippen LogP) is 1.98. The van der Waals surface area contributed by atoms with Gasteiger partial charge in [-0.3, -0.25) is 10.1 Å². The molecule has 8 heteroatoms. The van der Waals surface area contributed by atoms with Gasteiger partial charge in [-0.25, -0.2) is 0 Å². The standard InChI is InChI=1S/C8H5Br2N5O/c9-4-1-2-5(6(10)3-4)7(16)11-8-12-14-15-13-8/h1-3H,(H2,11,12,13,14,15,16). The Kier molecular flexibility index (Phi) is 3.30. The first-order valence-corrected chi connectivity index (χ1v) is 5.75. The number of nitrogens with one attached hydrogen (secondary N) is 2. The minimum Gasteiger partial charge on any atom is -0.288 e. The van der Waals surface area contributed by atoms with Crippen LogP contribution in [0.4, 0.5) is 5.95 Å².